The van der Waals surface area contributed by atoms with E-state index in [9.17, 15) is 9.59 Å². The zero-order valence-electron chi connectivity index (χ0n) is 11.2. The number of rotatable bonds is 2. The monoisotopic (exact) mass is 272 g/mol. The zero-order chi connectivity index (χ0) is 14.1. The molecular formula is C14H16N4O2. The molecule has 0 radical (unpaired) electrons. The number of H-pyrrole nitrogens is 1. The lowest BCUT2D eigenvalue weighted by Crippen LogP contribution is -2.37. The highest BCUT2D eigenvalue weighted by atomic mass is 16.2. The number of benzene rings is 1. The van der Waals surface area contributed by atoms with Crippen molar-refractivity contribution in [3.8, 4) is 0 Å². The van der Waals surface area contributed by atoms with Gasteiger partial charge in [0, 0.05) is 37.0 Å². The van der Waals surface area contributed by atoms with E-state index in [1.165, 1.54) is 6.92 Å². The Morgan fingerprint density at radius 1 is 1.45 bits per heavy atom. The highest BCUT2D eigenvalue weighted by Crippen LogP contribution is 2.17. The molecule has 1 saturated heterocycles. The van der Waals surface area contributed by atoms with Crippen molar-refractivity contribution < 1.29 is 9.59 Å². The number of aromatic amines is 1. The highest BCUT2D eigenvalue weighted by molar-refractivity contribution is 5.97. The molecule has 20 heavy (non-hydrogen) atoms. The summed E-state index contributed by atoms with van der Waals surface area (Å²) in [5, 5.41) is 10.6. The fourth-order valence-electron chi connectivity index (χ4n) is 2.60. The minimum atomic E-state index is -0.0526. The van der Waals surface area contributed by atoms with Crippen molar-refractivity contribution in [2.75, 3.05) is 13.1 Å². The molecule has 1 aliphatic heterocycles. The second kappa shape index (κ2) is 4.96. The zero-order valence-corrected chi connectivity index (χ0v) is 11.2. The van der Waals surface area contributed by atoms with E-state index in [-0.39, 0.29) is 17.9 Å². The molecule has 1 unspecified atom stereocenters. The summed E-state index contributed by atoms with van der Waals surface area (Å²) in [6.07, 6.45) is 2.53. The standard InChI is InChI=1S/C14H16N4O2/c1-9(19)16-12-4-5-18(8-12)14(20)10-2-3-11-7-15-17-13(11)6-10/h2-3,6-7,12H,4-5,8H2,1H3,(H,15,17)(H,16,19). The van der Waals surface area contributed by atoms with Crippen LogP contribution in [0.5, 0.6) is 0 Å². The van der Waals surface area contributed by atoms with Gasteiger partial charge in [0.15, 0.2) is 0 Å². The van der Waals surface area contributed by atoms with Crippen LogP contribution in [0.25, 0.3) is 10.9 Å². The summed E-state index contributed by atoms with van der Waals surface area (Å²) in [6, 6.07) is 5.57. The van der Waals surface area contributed by atoms with Gasteiger partial charge in [0.2, 0.25) is 5.91 Å². The molecule has 6 heteroatoms. The van der Waals surface area contributed by atoms with Crippen LogP contribution in [0.2, 0.25) is 0 Å². The number of carbonyl (C=O) groups excluding carboxylic acids is 2. The van der Waals surface area contributed by atoms with Crippen LogP contribution < -0.4 is 5.32 Å². The Labute approximate surface area is 116 Å². The SMILES string of the molecule is CC(=O)NC1CCN(C(=O)c2ccc3cn[nH]c3c2)C1. The third-order valence-electron chi connectivity index (χ3n) is 3.57. The van der Waals surface area contributed by atoms with Crippen molar-refractivity contribution >= 4 is 22.7 Å². The normalized spacial score (nSPS) is 18.4. The predicted octanol–water partition coefficient (Wildman–Crippen LogP) is 0.913. The van der Waals surface area contributed by atoms with E-state index >= 15 is 0 Å². The number of hydrogen-bond donors (Lipinski definition) is 2. The molecule has 1 atom stereocenters. The number of carbonyl (C=O) groups is 2. The summed E-state index contributed by atoms with van der Waals surface area (Å²) < 4.78 is 0. The molecule has 104 valence electrons. The van der Waals surface area contributed by atoms with E-state index in [0.29, 0.717) is 18.7 Å². The average molecular weight is 272 g/mol. The van der Waals surface area contributed by atoms with Crippen molar-refractivity contribution in [2.24, 2.45) is 0 Å². The second-order valence-electron chi connectivity index (χ2n) is 5.11. The summed E-state index contributed by atoms with van der Waals surface area (Å²) >= 11 is 0. The van der Waals surface area contributed by atoms with Crippen LogP contribution in [-0.2, 0) is 4.79 Å². The second-order valence-corrected chi connectivity index (χ2v) is 5.11. The third kappa shape index (κ3) is 2.36. The molecule has 2 aromatic rings. The molecule has 2 N–H and O–H groups in total. The first kappa shape index (κ1) is 12.7. The molecule has 0 spiro atoms. The molecule has 1 aromatic carbocycles. The number of amides is 2. The van der Waals surface area contributed by atoms with Crippen LogP contribution in [-0.4, -0.2) is 46.0 Å². The van der Waals surface area contributed by atoms with E-state index in [1.807, 2.05) is 18.2 Å². The van der Waals surface area contributed by atoms with Crippen molar-refractivity contribution in [3.63, 3.8) is 0 Å². The summed E-state index contributed by atoms with van der Waals surface area (Å²) in [4.78, 5) is 25.2. The van der Waals surface area contributed by atoms with E-state index in [4.69, 9.17) is 0 Å². The van der Waals surface area contributed by atoms with Crippen LogP contribution in [0.4, 0.5) is 0 Å². The van der Waals surface area contributed by atoms with Crippen LogP contribution >= 0.6 is 0 Å². The maximum atomic E-state index is 12.4. The minimum Gasteiger partial charge on any atom is -0.352 e. The Kier molecular flexibility index (Phi) is 3.14. The first-order valence-corrected chi connectivity index (χ1v) is 6.63. The molecule has 1 fully saturated rings. The van der Waals surface area contributed by atoms with Crippen LogP contribution in [0.1, 0.15) is 23.7 Å². The smallest absolute Gasteiger partial charge is 0.254 e. The van der Waals surface area contributed by atoms with Gasteiger partial charge in [-0.2, -0.15) is 5.10 Å². The van der Waals surface area contributed by atoms with Gasteiger partial charge < -0.3 is 10.2 Å². The number of likely N-dealkylation sites (tertiary alicyclic amines) is 1. The van der Waals surface area contributed by atoms with Gasteiger partial charge in [0.05, 0.1) is 11.7 Å². The first-order valence-electron chi connectivity index (χ1n) is 6.63. The van der Waals surface area contributed by atoms with Gasteiger partial charge in [-0.1, -0.05) is 6.07 Å². The van der Waals surface area contributed by atoms with Gasteiger partial charge in [-0.25, -0.2) is 0 Å². The fraction of sp³-hybridized carbons (Fsp3) is 0.357. The van der Waals surface area contributed by atoms with Crippen molar-refractivity contribution in [1.82, 2.24) is 20.4 Å². The maximum Gasteiger partial charge on any atom is 0.254 e. The van der Waals surface area contributed by atoms with Gasteiger partial charge >= 0.3 is 0 Å². The molecule has 0 aliphatic carbocycles. The third-order valence-corrected chi connectivity index (χ3v) is 3.57. The van der Waals surface area contributed by atoms with Gasteiger partial charge in [-0.3, -0.25) is 14.7 Å². The van der Waals surface area contributed by atoms with E-state index in [0.717, 1.165) is 17.3 Å². The molecule has 1 aromatic heterocycles. The van der Waals surface area contributed by atoms with Crippen LogP contribution in [0.3, 0.4) is 0 Å². The molecule has 0 bridgehead atoms. The molecule has 0 saturated carbocycles. The lowest BCUT2D eigenvalue weighted by atomic mass is 10.1. The predicted molar refractivity (Wildman–Crippen MR) is 74.2 cm³/mol. The van der Waals surface area contributed by atoms with Crippen molar-refractivity contribution in [3.05, 3.63) is 30.0 Å². The van der Waals surface area contributed by atoms with Crippen molar-refractivity contribution in [2.45, 2.75) is 19.4 Å². The fourth-order valence-corrected chi connectivity index (χ4v) is 2.60. The minimum absolute atomic E-state index is 0.00523. The lowest BCUT2D eigenvalue weighted by Gasteiger charge is -2.16. The van der Waals surface area contributed by atoms with Gasteiger partial charge in [0.25, 0.3) is 5.91 Å². The number of nitrogens with one attached hydrogen (secondary N) is 2. The largest absolute Gasteiger partial charge is 0.352 e. The number of fused-ring (bicyclic) bond motifs is 1. The molecule has 2 amide bonds. The maximum absolute atomic E-state index is 12.4. The molecular weight excluding hydrogens is 256 g/mol. The first-order chi connectivity index (χ1) is 9.63. The van der Waals surface area contributed by atoms with Gasteiger partial charge in [-0.05, 0) is 18.6 Å². The summed E-state index contributed by atoms with van der Waals surface area (Å²) in [5.74, 6) is -0.0578. The van der Waals surface area contributed by atoms with Gasteiger partial charge in [0.1, 0.15) is 0 Å². The van der Waals surface area contributed by atoms with Crippen molar-refractivity contribution in [1.29, 1.82) is 0 Å². The Morgan fingerprint density at radius 3 is 3.10 bits per heavy atom. The Morgan fingerprint density at radius 2 is 2.30 bits per heavy atom. The summed E-state index contributed by atoms with van der Waals surface area (Å²) in [7, 11) is 0. The number of hydrogen-bond acceptors (Lipinski definition) is 3. The van der Waals surface area contributed by atoms with Crippen LogP contribution in [0, 0.1) is 0 Å². The highest BCUT2D eigenvalue weighted by Gasteiger charge is 2.27. The van der Waals surface area contributed by atoms with E-state index in [1.54, 1.807) is 11.1 Å². The molecule has 1 aliphatic rings. The average Bonchev–Trinajstić information content (AvgIpc) is 3.04. The van der Waals surface area contributed by atoms with Crippen LogP contribution in [0.15, 0.2) is 24.4 Å². The summed E-state index contributed by atoms with van der Waals surface area (Å²) in [5.41, 5.74) is 1.50. The van der Waals surface area contributed by atoms with Gasteiger partial charge in [-0.15, -0.1) is 0 Å². The Bertz CT molecular complexity index is 664. The van der Waals surface area contributed by atoms with E-state index in [2.05, 4.69) is 15.5 Å². The molecule has 2 heterocycles. The number of nitrogens with zero attached hydrogens (tertiary/aromatic N) is 2. The Hall–Kier alpha value is -2.37. The lowest BCUT2D eigenvalue weighted by molar-refractivity contribution is -0.119. The van der Waals surface area contributed by atoms with E-state index < -0.39 is 0 Å². The summed E-state index contributed by atoms with van der Waals surface area (Å²) in [6.45, 7) is 2.74. The number of aromatic nitrogens is 2. The molecule has 6 nitrogen and oxygen atoms in total. The topological polar surface area (TPSA) is 78.1 Å². The molecule has 3 rings (SSSR count). The quantitative estimate of drug-likeness (QED) is 0.853. The Balaban J connectivity index is 1.74.